The fourth-order valence-electron chi connectivity index (χ4n) is 0.278. The van der Waals surface area contributed by atoms with E-state index in [0.29, 0.717) is 5.41 Å². The number of hydrogen-bond donors (Lipinski definition) is 1. The summed E-state index contributed by atoms with van der Waals surface area (Å²) >= 11 is 0. The highest BCUT2D eigenvalue weighted by Crippen LogP contribution is 2.16. The average molecular weight is 183 g/mol. The molecular formula is C12H25N. The van der Waals surface area contributed by atoms with E-state index in [0.717, 1.165) is 0 Å². The van der Waals surface area contributed by atoms with Crippen LogP contribution in [0.3, 0.4) is 0 Å². The van der Waals surface area contributed by atoms with Gasteiger partial charge in [0, 0.05) is 12.4 Å². The summed E-state index contributed by atoms with van der Waals surface area (Å²) in [4.78, 5) is 2.86. The Morgan fingerprint density at radius 3 is 1.38 bits per heavy atom. The van der Waals surface area contributed by atoms with Crippen LogP contribution in [0.1, 0.15) is 48.0 Å². The van der Waals surface area contributed by atoms with Gasteiger partial charge in [-0.2, -0.15) is 0 Å². The monoisotopic (exact) mass is 183 g/mol. The zero-order valence-electron chi connectivity index (χ0n) is 10.0. The van der Waals surface area contributed by atoms with Crippen molar-refractivity contribution in [3.63, 3.8) is 0 Å². The number of hydrogen-bond acceptors (Lipinski definition) is 0. The van der Waals surface area contributed by atoms with Gasteiger partial charge in [-0.25, -0.2) is 0 Å². The maximum Gasteiger partial charge on any atom is 0.000496 e. The first kappa shape index (κ1) is 14.8. The number of aromatic nitrogens is 1. The molecule has 0 spiro atoms. The molecule has 0 amide bonds. The Morgan fingerprint density at radius 1 is 1.00 bits per heavy atom. The van der Waals surface area contributed by atoms with Gasteiger partial charge >= 0.3 is 0 Å². The van der Waals surface area contributed by atoms with E-state index in [2.05, 4.69) is 32.7 Å². The topological polar surface area (TPSA) is 15.8 Å². The molecule has 0 saturated heterocycles. The Balaban J connectivity index is 0. The lowest BCUT2D eigenvalue weighted by Crippen LogP contribution is -2.00. The van der Waals surface area contributed by atoms with E-state index in [4.69, 9.17) is 0 Å². The normalized spacial score (nSPS) is 9.08. The molecule has 0 aliphatic rings. The average Bonchev–Trinajstić information content (AvgIpc) is 2.64. The highest BCUT2D eigenvalue weighted by molar-refractivity contribution is 4.84. The van der Waals surface area contributed by atoms with Crippen LogP contribution in [0.5, 0.6) is 0 Å². The molecule has 0 aromatic carbocycles. The SMILES string of the molecule is CC.CCC(C)(C)C.c1cc[nH]c1. The van der Waals surface area contributed by atoms with Crippen molar-refractivity contribution in [3.8, 4) is 0 Å². The smallest absolute Gasteiger partial charge is 0.000496 e. The van der Waals surface area contributed by atoms with Crippen LogP contribution in [0.2, 0.25) is 0 Å². The van der Waals surface area contributed by atoms with Gasteiger partial charge in [-0.05, 0) is 17.5 Å². The largest absolute Gasteiger partial charge is 0.368 e. The highest BCUT2D eigenvalue weighted by atomic mass is 14.6. The zero-order chi connectivity index (χ0) is 10.7. The molecule has 0 aliphatic heterocycles. The van der Waals surface area contributed by atoms with Crippen molar-refractivity contribution in [2.75, 3.05) is 0 Å². The third kappa shape index (κ3) is 18.3. The maximum atomic E-state index is 2.86. The highest BCUT2D eigenvalue weighted by Gasteiger charge is 2.03. The van der Waals surface area contributed by atoms with Crippen LogP contribution in [0.25, 0.3) is 0 Å². The van der Waals surface area contributed by atoms with Crippen LogP contribution in [-0.2, 0) is 0 Å². The number of aromatic amines is 1. The summed E-state index contributed by atoms with van der Waals surface area (Å²) in [6.45, 7) is 12.9. The summed E-state index contributed by atoms with van der Waals surface area (Å²) in [6, 6.07) is 3.89. The van der Waals surface area contributed by atoms with Crippen molar-refractivity contribution in [3.05, 3.63) is 24.5 Å². The number of nitrogens with one attached hydrogen (secondary N) is 1. The van der Waals surface area contributed by atoms with Gasteiger partial charge in [-0.3, -0.25) is 0 Å². The lowest BCUT2D eigenvalue weighted by molar-refractivity contribution is 0.398. The molecule has 0 radical (unpaired) electrons. The van der Waals surface area contributed by atoms with Crippen LogP contribution >= 0.6 is 0 Å². The molecule has 0 atom stereocenters. The summed E-state index contributed by atoms with van der Waals surface area (Å²) < 4.78 is 0. The molecule has 0 unspecified atom stereocenters. The molecule has 78 valence electrons. The lowest BCUT2D eigenvalue weighted by Gasteiger charge is -2.12. The Kier molecular flexibility index (Phi) is 10.7. The summed E-state index contributed by atoms with van der Waals surface area (Å²) in [5.74, 6) is 0. The molecule has 13 heavy (non-hydrogen) atoms. The number of H-pyrrole nitrogens is 1. The van der Waals surface area contributed by atoms with Crippen LogP contribution in [-0.4, -0.2) is 4.98 Å². The van der Waals surface area contributed by atoms with Crippen LogP contribution < -0.4 is 0 Å². The summed E-state index contributed by atoms with van der Waals surface area (Å²) in [7, 11) is 0. The van der Waals surface area contributed by atoms with Crippen molar-refractivity contribution >= 4 is 0 Å². The van der Waals surface area contributed by atoms with Gasteiger partial charge in [-0.1, -0.05) is 48.0 Å². The Bertz CT molecular complexity index is 129. The lowest BCUT2D eigenvalue weighted by atomic mass is 9.94. The van der Waals surface area contributed by atoms with E-state index >= 15 is 0 Å². The third-order valence-corrected chi connectivity index (χ3v) is 1.56. The second kappa shape index (κ2) is 9.37. The van der Waals surface area contributed by atoms with E-state index in [-0.39, 0.29) is 0 Å². The van der Waals surface area contributed by atoms with E-state index in [9.17, 15) is 0 Å². The summed E-state index contributed by atoms with van der Waals surface area (Å²) in [5.41, 5.74) is 0.542. The van der Waals surface area contributed by atoms with Gasteiger partial charge in [-0.15, -0.1) is 0 Å². The first-order chi connectivity index (χ1) is 6.06. The van der Waals surface area contributed by atoms with Gasteiger partial charge < -0.3 is 4.98 Å². The van der Waals surface area contributed by atoms with Gasteiger partial charge in [0.25, 0.3) is 0 Å². The van der Waals surface area contributed by atoms with Gasteiger partial charge in [0.1, 0.15) is 0 Å². The predicted octanol–water partition coefficient (Wildman–Crippen LogP) is 4.48. The maximum absolute atomic E-state index is 2.86. The molecule has 0 fully saturated rings. The molecule has 1 nitrogen and oxygen atoms in total. The molecule has 0 aliphatic carbocycles. The minimum absolute atomic E-state index is 0.542. The van der Waals surface area contributed by atoms with Crippen molar-refractivity contribution in [1.29, 1.82) is 0 Å². The molecule has 1 N–H and O–H groups in total. The molecule has 1 heterocycles. The summed E-state index contributed by atoms with van der Waals surface area (Å²) in [5, 5.41) is 0. The molecule has 1 rings (SSSR count). The van der Waals surface area contributed by atoms with E-state index < -0.39 is 0 Å². The van der Waals surface area contributed by atoms with Gasteiger partial charge in [0.05, 0.1) is 0 Å². The van der Waals surface area contributed by atoms with Crippen LogP contribution in [0.4, 0.5) is 0 Å². The van der Waals surface area contributed by atoms with Crippen molar-refractivity contribution < 1.29 is 0 Å². The molecule has 0 bridgehead atoms. The minimum atomic E-state index is 0.542. The van der Waals surface area contributed by atoms with Crippen molar-refractivity contribution in [2.24, 2.45) is 5.41 Å². The second-order valence-electron chi connectivity index (χ2n) is 3.80. The fraction of sp³-hybridized carbons (Fsp3) is 0.667. The fourth-order valence-corrected chi connectivity index (χ4v) is 0.278. The molecule has 1 aromatic rings. The molecule has 1 aromatic heterocycles. The van der Waals surface area contributed by atoms with E-state index in [1.54, 1.807) is 0 Å². The Hall–Kier alpha value is -0.720. The molecule has 1 heteroatoms. The van der Waals surface area contributed by atoms with Crippen molar-refractivity contribution in [2.45, 2.75) is 48.0 Å². The van der Waals surface area contributed by atoms with Gasteiger partial charge in [0.2, 0.25) is 0 Å². The zero-order valence-corrected chi connectivity index (χ0v) is 10.0. The second-order valence-corrected chi connectivity index (χ2v) is 3.80. The standard InChI is InChI=1S/C6H14.C4H5N.C2H6/c1-5-6(2,3)4;1-2-4-5-3-1;1-2/h5H2,1-4H3;1-5H;1-2H3. The first-order valence-electron chi connectivity index (χ1n) is 5.14. The Morgan fingerprint density at radius 2 is 1.31 bits per heavy atom. The molecule has 0 saturated carbocycles. The van der Waals surface area contributed by atoms with Crippen LogP contribution in [0.15, 0.2) is 24.5 Å². The van der Waals surface area contributed by atoms with Gasteiger partial charge in [0.15, 0.2) is 0 Å². The Labute approximate surface area is 83.6 Å². The summed E-state index contributed by atoms with van der Waals surface area (Å²) in [6.07, 6.45) is 5.02. The predicted molar refractivity (Wildman–Crippen MR) is 61.9 cm³/mol. The first-order valence-corrected chi connectivity index (χ1v) is 5.14. The van der Waals surface area contributed by atoms with E-state index in [1.165, 1.54) is 6.42 Å². The third-order valence-electron chi connectivity index (χ3n) is 1.56. The minimum Gasteiger partial charge on any atom is -0.368 e. The van der Waals surface area contributed by atoms with Crippen molar-refractivity contribution in [1.82, 2.24) is 4.98 Å². The van der Waals surface area contributed by atoms with E-state index in [1.807, 2.05) is 38.4 Å². The number of rotatable bonds is 0. The quantitative estimate of drug-likeness (QED) is 0.610. The van der Waals surface area contributed by atoms with Crippen LogP contribution in [0, 0.1) is 5.41 Å². The molecular weight excluding hydrogens is 158 g/mol.